The van der Waals surface area contributed by atoms with E-state index < -0.39 is 19.9 Å². The van der Waals surface area contributed by atoms with Crippen LogP contribution in [0.4, 0.5) is 10.6 Å². The number of aryl methyl sites for hydroxylation is 1. The van der Waals surface area contributed by atoms with Gasteiger partial charge in [-0.3, -0.25) is 5.32 Å². The number of nitrogens with one attached hydrogen (secondary N) is 1. The van der Waals surface area contributed by atoms with Crippen LogP contribution in [0.2, 0.25) is 18.1 Å². The minimum Gasteiger partial charge on any atom is -0.491 e. The molecule has 2 amide bonds. The number of ether oxygens (including phenoxy) is 3. The van der Waals surface area contributed by atoms with Crippen LogP contribution in [0.15, 0.2) is 30.6 Å². The first-order valence-corrected chi connectivity index (χ1v) is 16.2. The molecule has 3 aromatic heterocycles. The minimum absolute atomic E-state index is 0.0804. The molecule has 2 atom stereocenters. The third-order valence-electron chi connectivity index (χ3n) is 7.81. The molecule has 3 aromatic rings. The van der Waals surface area contributed by atoms with Gasteiger partial charge in [0.05, 0.1) is 29.6 Å². The van der Waals surface area contributed by atoms with Gasteiger partial charge in [0.15, 0.2) is 8.32 Å². The Bertz CT molecular complexity index is 1340. The molecule has 1 saturated heterocycles. The number of aromatic nitrogens is 3. The summed E-state index contributed by atoms with van der Waals surface area (Å²) in [4.78, 5) is 20.8. The van der Waals surface area contributed by atoms with Crippen LogP contribution in [0.1, 0.15) is 45.5 Å². The molecule has 3 N–H and O–H groups in total. The molecule has 10 nitrogen and oxygen atoms in total. The lowest BCUT2D eigenvalue weighted by molar-refractivity contribution is -0.0247. The summed E-state index contributed by atoms with van der Waals surface area (Å²) in [7, 11) is -0.256. The van der Waals surface area contributed by atoms with Crippen LogP contribution < -0.4 is 15.8 Å². The fourth-order valence-corrected chi connectivity index (χ4v) is 5.99. The number of primary amides is 1. The molecule has 0 aliphatic carbocycles. The molecule has 0 radical (unpaired) electrons. The Morgan fingerprint density at radius 1 is 1.28 bits per heavy atom. The monoisotopic (exact) mass is 555 g/mol. The number of pyridine rings is 1. The summed E-state index contributed by atoms with van der Waals surface area (Å²) in [6, 6.07) is 7.01. The fourth-order valence-electron chi connectivity index (χ4n) is 4.56. The summed E-state index contributed by atoms with van der Waals surface area (Å²) in [6.07, 6.45) is 2.27. The molecule has 212 valence electrons. The zero-order valence-electron chi connectivity index (χ0n) is 24.3. The maximum atomic E-state index is 11.4. The Morgan fingerprint density at radius 3 is 2.64 bits per heavy atom. The predicted molar refractivity (Wildman–Crippen MR) is 154 cm³/mol. The first-order chi connectivity index (χ1) is 18.2. The molecular weight excluding hydrogens is 514 g/mol. The van der Waals surface area contributed by atoms with Gasteiger partial charge in [-0.15, -0.1) is 0 Å². The van der Waals surface area contributed by atoms with Crippen molar-refractivity contribution in [3.05, 3.63) is 42.0 Å². The summed E-state index contributed by atoms with van der Waals surface area (Å²) >= 11 is 0. The van der Waals surface area contributed by atoms with Crippen LogP contribution in [0.3, 0.4) is 0 Å². The van der Waals surface area contributed by atoms with Crippen molar-refractivity contribution in [2.24, 2.45) is 5.73 Å². The maximum Gasteiger partial charge on any atom is 0.317 e. The van der Waals surface area contributed by atoms with Crippen LogP contribution >= 0.6 is 0 Å². The number of rotatable bonds is 9. The third-order valence-corrected chi connectivity index (χ3v) is 12.4. The van der Waals surface area contributed by atoms with Gasteiger partial charge in [0.1, 0.15) is 30.1 Å². The number of anilines is 1. The normalized spacial score (nSPS) is 18.9. The first-order valence-electron chi connectivity index (χ1n) is 13.3. The molecule has 0 bridgehead atoms. The molecular formula is C28H41N5O5Si. The molecule has 0 saturated carbocycles. The van der Waals surface area contributed by atoms with E-state index in [2.05, 4.69) is 51.1 Å². The largest absolute Gasteiger partial charge is 0.491 e. The lowest BCUT2D eigenvalue weighted by atomic mass is 9.97. The quantitative estimate of drug-likeness (QED) is 0.346. The van der Waals surface area contributed by atoms with E-state index in [1.165, 1.54) is 0 Å². The topological polar surface area (TPSA) is 122 Å². The zero-order valence-corrected chi connectivity index (χ0v) is 25.3. The molecule has 11 heteroatoms. The molecule has 0 aromatic carbocycles. The summed E-state index contributed by atoms with van der Waals surface area (Å²) in [5.74, 6) is 1.03. The van der Waals surface area contributed by atoms with Gasteiger partial charge in [0.25, 0.3) is 0 Å². The van der Waals surface area contributed by atoms with E-state index in [9.17, 15) is 4.79 Å². The van der Waals surface area contributed by atoms with E-state index in [1.807, 2.05) is 29.5 Å². The van der Waals surface area contributed by atoms with Gasteiger partial charge in [-0.1, -0.05) is 20.8 Å². The van der Waals surface area contributed by atoms with Crippen LogP contribution in [-0.4, -0.2) is 61.8 Å². The highest BCUT2D eigenvalue weighted by Crippen LogP contribution is 2.39. The average Bonchev–Trinajstić information content (AvgIpc) is 3.47. The molecule has 39 heavy (non-hydrogen) atoms. The smallest absolute Gasteiger partial charge is 0.317 e. The second-order valence-corrected chi connectivity index (χ2v) is 16.5. The number of hydrogen-bond donors (Lipinski definition) is 2. The number of hydrogen-bond acceptors (Lipinski definition) is 7. The molecule has 0 unspecified atom stereocenters. The second-order valence-electron chi connectivity index (χ2n) is 11.8. The number of carbonyl (C=O) groups excluding carboxylic acids is 1. The van der Waals surface area contributed by atoms with E-state index >= 15 is 0 Å². The van der Waals surface area contributed by atoms with Crippen molar-refractivity contribution in [3.8, 4) is 17.0 Å². The average molecular weight is 556 g/mol. The summed E-state index contributed by atoms with van der Waals surface area (Å²) in [5.41, 5.74) is 8.77. The number of amides is 2. The minimum atomic E-state index is -1.94. The highest BCUT2D eigenvalue weighted by atomic mass is 28.4. The van der Waals surface area contributed by atoms with Gasteiger partial charge >= 0.3 is 6.03 Å². The maximum absolute atomic E-state index is 11.4. The molecule has 1 aliphatic heterocycles. The van der Waals surface area contributed by atoms with Gasteiger partial charge in [-0.2, -0.15) is 0 Å². The first kappa shape index (κ1) is 29.0. The standard InChI is InChI=1S/C28H41N5O5Si/c1-18-11-21(23-14-25(32-26(29)34)30-17-33(18)23)22-12-20(13-24(31-22)28(35-6)9-10-36-16-28)37-15-19(2)38-39(7,8)27(3,4)5/h11-14,17,19H,9-10,15-16H2,1-8H3,(H3,29,32,34)/t19-,28-/m1/s1. The number of nitrogens with two attached hydrogens (primary N) is 1. The highest BCUT2D eigenvalue weighted by Gasteiger charge is 2.40. The molecule has 0 spiro atoms. The van der Waals surface area contributed by atoms with Crippen molar-refractivity contribution in [2.45, 2.75) is 70.9 Å². The van der Waals surface area contributed by atoms with Crippen LogP contribution in [0.25, 0.3) is 16.8 Å². The van der Waals surface area contributed by atoms with Crippen molar-refractivity contribution in [1.29, 1.82) is 0 Å². The van der Waals surface area contributed by atoms with E-state index in [-0.39, 0.29) is 11.1 Å². The van der Waals surface area contributed by atoms with Crippen LogP contribution in [0, 0.1) is 6.92 Å². The Balaban J connectivity index is 1.73. The lowest BCUT2D eigenvalue weighted by Gasteiger charge is -2.38. The van der Waals surface area contributed by atoms with E-state index in [1.54, 1.807) is 19.5 Å². The zero-order chi connectivity index (χ0) is 28.6. The second kappa shape index (κ2) is 10.9. The van der Waals surface area contributed by atoms with Crippen molar-refractivity contribution < 1.29 is 23.4 Å². The van der Waals surface area contributed by atoms with Crippen molar-refractivity contribution in [3.63, 3.8) is 0 Å². The molecule has 1 fully saturated rings. The Kier molecular flexibility index (Phi) is 8.09. The Labute approximate surface area is 231 Å². The number of fused-ring (bicyclic) bond motifs is 1. The van der Waals surface area contributed by atoms with Crippen molar-refractivity contribution >= 4 is 25.7 Å². The SMILES string of the molecule is CO[C@]1(c2cc(OC[C@@H](C)O[Si](C)(C)C(C)(C)C)cc(-c3cc(C)n4cnc(NC(N)=O)cc34)n2)CCOC1. The number of urea groups is 1. The van der Waals surface area contributed by atoms with E-state index in [4.69, 9.17) is 29.4 Å². The van der Waals surface area contributed by atoms with Gasteiger partial charge in [-0.25, -0.2) is 14.8 Å². The molecule has 4 rings (SSSR count). The predicted octanol–water partition coefficient (Wildman–Crippen LogP) is 5.25. The van der Waals surface area contributed by atoms with Gasteiger partial charge < -0.3 is 28.8 Å². The third kappa shape index (κ3) is 6.11. The van der Waals surface area contributed by atoms with Gasteiger partial charge in [0.2, 0.25) is 0 Å². The molecule has 4 heterocycles. The number of methoxy groups -OCH3 is 1. The van der Waals surface area contributed by atoms with Gasteiger partial charge in [-0.05, 0) is 38.0 Å². The Hall–Kier alpha value is -2.99. The summed E-state index contributed by atoms with van der Waals surface area (Å²) in [5, 5.41) is 2.66. The van der Waals surface area contributed by atoms with Crippen molar-refractivity contribution in [1.82, 2.24) is 14.4 Å². The highest BCUT2D eigenvalue weighted by molar-refractivity contribution is 6.74. The summed E-state index contributed by atoms with van der Waals surface area (Å²) in [6.45, 7) is 16.6. The number of nitrogens with zero attached hydrogens (tertiary/aromatic N) is 3. The van der Waals surface area contributed by atoms with Gasteiger partial charge in [0, 0.05) is 49.6 Å². The van der Waals surface area contributed by atoms with Crippen LogP contribution in [0.5, 0.6) is 5.75 Å². The lowest BCUT2D eigenvalue weighted by Crippen LogP contribution is -2.44. The summed E-state index contributed by atoms with van der Waals surface area (Å²) < 4.78 is 26.5. The van der Waals surface area contributed by atoms with Crippen molar-refractivity contribution in [2.75, 3.05) is 32.2 Å². The molecule has 1 aliphatic rings. The fraction of sp³-hybridized carbons (Fsp3) is 0.536. The van der Waals surface area contributed by atoms with E-state index in [0.29, 0.717) is 43.5 Å². The number of carbonyl (C=O) groups is 1. The van der Waals surface area contributed by atoms with Crippen LogP contribution in [-0.2, 0) is 19.5 Å². The van der Waals surface area contributed by atoms with E-state index in [0.717, 1.165) is 22.5 Å². The Morgan fingerprint density at radius 2 is 2.03 bits per heavy atom.